The molecule has 1 aliphatic rings. The first-order valence-electron chi connectivity index (χ1n) is 14.9. The van der Waals surface area contributed by atoms with Gasteiger partial charge in [-0.3, -0.25) is 28.6 Å². The number of carbonyl (C=O) groups excluding carboxylic acids is 6. The molecule has 0 saturated heterocycles. The molecule has 0 fully saturated rings. The molecule has 3 heterocycles. The summed E-state index contributed by atoms with van der Waals surface area (Å²) in [6.07, 6.45) is 2.72. The summed E-state index contributed by atoms with van der Waals surface area (Å²) >= 11 is 0. The number of nitrogens with two attached hydrogens (primary N) is 1. The van der Waals surface area contributed by atoms with Gasteiger partial charge in [-0.2, -0.15) is 0 Å². The average Bonchev–Trinajstić information content (AvgIpc) is 3.70. The van der Waals surface area contributed by atoms with Gasteiger partial charge in [0.05, 0.1) is 28.9 Å². The minimum Gasteiger partial charge on any atom is -0.449 e. The lowest BCUT2D eigenvalue weighted by molar-refractivity contribution is -0.118. The number of ketones is 1. The van der Waals surface area contributed by atoms with Crippen molar-refractivity contribution in [3.05, 3.63) is 102 Å². The van der Waals surface area contributed by atoms with Gasteiger partial charge < -0.3 is 25.7 Å². The summed E-state index contributed by atoms with van der Waals surface area (Å²) in [7, 11) is 0. The van der Waals surface area contributed by atoms with E-state index < -0.39 is 29.9 Å². The van der Waals surface area contributed by atoms with Gasteiger partial charge in [0.15, 0.2) is 11.8 Å². The van der Waals surface area contributed by atoms with E-state index >= 15 is 0 Å². The molecule has 6 rings (SSSR count). The molecular weight excluding hydrogens is 604 g/mol. The molecule has 1 aliphatic heterocycles. The molecule has 13 heteroatoms. The van der Waals surface area contributed by atoms with Crippen LogP contribution in [0.15, 0.2) is 85.2 Å². The van der Waals surface area contributed by atoms with Gasteiger partial charge in [-0.1, -0.05) is 48.5 Å². The number of primary amides is 1. The lowest BCUT2D eigenvalue weighted by atomic mass is 10.0. The number of nitrogens with one attached hydrogen (secondary N) is 2. The summed E-state index contributed by atoms with van der Waals surface area (Å²) in [5, 5.41) is 6.04. The summed E-state index contributed by atoms with van der Waals surface area (Å²) in [5.74, 6) is -2.49. The van der Waals surface area contributed by atoms with Crippen LogP contribution in [0.25, 0.3) is 21.8 Å². The SMILES string of the molecule is CCOC(=O)n1cc(NC(=O)NC(C(N)=O)C(=O)c2cn(CCCN3C(=O)c4ccccc4C3=O)c3ccccc23)c2ccccc21. The number of aromatic nitrogens is 2. The Morgan fingerprint density at radius 3 is 2.09 bits per heavy atom. The Kier molecular flexibility index (Phi) is 8.27. The van der Waals surface area contributed by atoms with Crippen LogP contribution in [0.5, 0.6) is 0 Å². The second-order valence-electron chi connectivity index (χ2n) is 10.8. The van der Waals surface area contributed by atoms with Crippen LogP contribution in [-0.2, 0) is 16.1 Å². The first kappa shape index (κ1) is 30.8. The highest BCUT2D eigenvalue weighted by Crippen LogP contribution is 2.27. The van der Waals surface area contributed by atoms with E-state index in [4.69, 9.17) is 10.5 Å². The number of fused-ring (bicyclic) bond motifs is 3. The molecule has 5 aromatic rings. The van der Waals surface area contributed by atoms with Crippen LogP contribution in [0.4, 0.5) is 15.3 Å². The van der Waals surface area contributed by atoms with Crippen LogP contribution < -0.4 is 16.4 Å². The van der Waals surface area contributed by atoms with Crippen molar-refractivity contribution < 1.29 is 33.5 Å². The number of aryl methyl sites for hydroxylation is 1. The molecule has 2 aromatic heterocycles. The van der Waals surface area contributed by atoms with Crippen molar-refractivity contribution in [2.24, 2.45) is 5.73 Å². The van der Waals surface area contributed by atoms with Crippen molar-refractivity contribution in [2.75, 3.05) is 18.5 Å². The minimum absolute atomic E-state index is 0.153. The smallest absolute Gasteiger partial charge is 0.418 e. The number of hydrogen-bond acceptors (Lipinski definition) is 7. The summed E-state index contributed by atoms with van der Waals surface area (Å²) in [5.41, 5.74) is 7.91. The maximum Gasteiger partial charge on any atom is 0.418 e. The number of rotatable bonds is 10. The number of hydrogen-bond donors (Lipinski definition) is 3. The molecule has 1 unspecified atom stereocenters. The molecule has 1 atom stereocenters. The Balaban J connectivity index is 1.19. The minimum atomic E-state index is -1.72. The van der Waals surface area contributed by atoms with Crippen molar-refractivity contribution >= 4 is 63.1 Å². The monoisotopic (exact) mass is 634 g/mol. The number of para-hydroxylation sites is 2. The van der Waals surface area contributed by atoms with Crippen LogP contribution >= 0.6 is 0 Å². The van der Waals surface area contributed by atoms with Crippen molar-refractivity contribution in [1.82, 2.24) is 19.4 Å². The van der Waals surface area contributed by atoms with Gasteiger partial charge in [0, 0.05) is 47.3 Å². The third kappa shape index (κ3) is 5.70. The summed E-state index contributed by atoms with van der Waals surface area (Å²) in [4.78, 5) is 78.6. The Morgan fingerprint density at radius 2 is 1.43 bits per heavy atom. The van der Waals surface area contributed by atoms with Crippen LogP contribution in [0.3, 0.4) is 0 Å². The second kappa shape index (κ2) is 12.6. The van der Waals surface area contributed by atoms with E-state index in [2.05, 4.69) is 10.6 Å². The fraction of sp³-hybridized carbons (Fsp3) is 0.176. The molecule has 0 saturated carbocycles. The molecule has 4 N–H and O–H groups in total. The number of benzene rings is 3. The fourth-order valence-electron chi connectivity index (χ4n) is 5.80. The zero-order valence-electron chi connectivity index (χ0n) is 25.3. The normalized spacial score (nSPS) is 13.1. The number of carbonyl (C=O) groups is 6. The molecule has 47 heavy (non-hydrogen) atoms. The van der Waals surface area contributed by atoms with Gasteiger partial charge in [0.25, 0.3) is 11.8 Å². The number of urea groups is 1. The molecule has 0 aliphatic carbocycles. The molecule has 238 valence electrons. The van der Waals surface area contributed by atoms with E-state index in [9.17, 15) is 28.8 Å². The van der Waals surface area contributed by atoms with Gasteiger partial charge in [-0.15, -0.1) is 0 Å². The van der Waals surface area contributed by atoms with E-state index in [1.165, 1.54) is 15.7 Å². The fourth-order valence-corrected chi connectivity index (χ4v) is 5.80. The van der Waals surface area contributed by atoms with Crippen molar-refractivity contribution in [3.63, 3.8) is 0 Å². The number of Topliss-reactive ketones (excluding diaryl/α,β-unsaturated/α-hetero) is 1. The third-order valence-electron chi connectivity index (χ3n) is 7.96. The lowest BCUT2D eigenvalue weighted by Crippen LogP contribution is -2.51. The molecular formula is C34H30N6O7. The van der Waals surface area contributed by atoms with E-state index in [0.717, 1.165) is 0 Å². The summed E-state index contributed by atoms with van der Waals surface area (Å²) in [6, 6.07) is 17.9. The average molecular weight is 635 g/mol. The van der Waals surface area contributed by atoms with E-state index in [1.807, 2.05) is 0 Å². The second-order valence-corrected chi connectivity index (χ2v) is 10.8. The zero-order chi connectivity index (χ0) is 33.2. The van der Waals surface area contributed by atoms with Crippen LogP contribution in [0.1, 0.15) is 44.4 Å². The topological polar surface area (TPSA) is 175 Å². The number of anilines is 1. The third-order valence-corrected chi connectivity index (χ3v) is 7.96. The van der Waals surface area contributed by atoms with Crippen LogP contribution in [0.2, 0.25) is 0 Å². The van der Waals surface area contributed by atoms with Gasteiger partial charge in [0.2, 0.25) is 5.91 Å². The maximum atomic E-state index is 13.8. The number of ether oxygens (including phenoxy) is 1. The predicted octanol–water partition coefficient (Wildman–Crippen LogP) is 4.15. The Labute approximate surface area is 267 Å². The van der Waals surface area contributed by atoms with E-state index in [-0.39, 0.29) is 36.2 Å². The Hall–Kier alpha value is -6.24. The predicted molar refractivity (Wildman–Crippen MR) is 172 cm³/mol. The number of nitrogens with zero attached hydrogens (tertiary/aromatic N) is 3. The highest BCUT2D eigenvalue weighted by Gasteiger charge is 2.35. The molecule has 0 radical (unpaired) electrons. The summed E-state index contributed by atoms with van der Waals surface area (Å²) in [6.45, 7) is 2.34. The van der Waals surface area contributed by atoms with Gasteiger partial charge in [-0.05, 0) is 37.6 Å². The number of amides is 5. The largest absolute Gasteiger partial charge is 0.449 e. The Morgan fingerprint density at radius 1 is 0.809 bits per heavy atom. The molecule has 5 amide bonds. The first-order valence-corrected chi connectivity index (χ1v) is 14.9. The maximum absolute atomic E-state index is 13.8. The van der Waals surface area contributed by atoms with Gasteiger partial charge in [0.1, 0.15) is 0 Å². The van der Waals surface area contributed by atoms with Gasteiger partial charge >= 0.3 is 12.1 Å². The van der Waals surface area contributed by atoms with E-state index in [1.54, 1.807) is 90.5 Å². The standard InChI is InChI=1S/C34H30N6O7/c1-2-47-34(46)40-19-25(23-13-6-8-15-27(23)40)36-33(45)37-28(30(35)42)29(41)24-18-38(26-14-7-5-10-20(24)26)16-9-17-39-31(43)21-11-3-4-12-22(21)32(39)44/h3-8,10-15,18-19,28H,2,9,16-17H2,1H3,(H2,35,42)(H2,36,37,45). The molecule has 0 spiro atoms. The molecule has 0 bridgehead atoms. The van der Waals surface area contributed by atoms with Crippen molar-refractivity contribution in [2.45, 2.75) is 25.9 Å². The lowest BCUT2D eigenvalue weighted by Gasteiger charge is -2.15. The van der Waals surface area contributed by atoms with Gasteiger partial charge in [-0.25, -0.2) is 9.59 Å². The molecule has 3 aromatic carbocycles. The summed E-state index contributed by atoms with van der Waals surface area (Å²) < 4.78 is 8.14. The zero-order valence-corrected chi connectivity index (χ0v) is 25.3. The highest BCUT2D eigenvalue weighted by molar-refractivity contribution is 6.21. The molecule has 13 nitrogen and oxygen atoms in total. The van der Waals surface area contributed by atoms with Crippen LogP contribution in [0, 0.1) is 0 Å². The van der Waals surface area contributed by atoms with Crippen LogP contribution in [-0.4, -0.2) is 68.9 Å². The number of imide groups is 1. The highest BCUT2D eigenvalue weighted by atomic mass is 16.5. The first-order chi connectivity index (χ1) is 22.7. The van der Waals surface area contributed by atoms with Crippen molar-refractivity contribution in [3.8, 4) is 0 Å². The quantitative estimate of drug-likeness (QED) is 0.118. The Bertz CT molecular complexity index is 2060. The van der Waals surface area contributed by atoms with E-state index in [0.29, 0.717) is 45.9 Å². The van der Waals surface area contributed by atoms with Crippen molar-refractivity contribution in [1.29, 1.82) is 0 Å².